The van der Waals surface area contributed by atoms with E-state index < -0.39 is 0 Å². The second-order valence-electron chi connectivity index (χ2n) is 6.57. The maximum absolute atomic E-state index is 12.4. The van der Waals surface area contributed by atoms with E-state index >= 15 is 0 Å². The van der Waals surface area contributed by atoms with E-state index in [9.17, 15) is 4.79 Å². The summed E-state index contributed by atoms with van der Waals surface area (Å²) in [6, 6.07) is 7.97. The summed E-state index contributed by atoms with van der Waals surface area (Å²) in [5, 5.41) is 9.56. The molecule has 0 atom stereocenters. The highest BCUT2D eigenvalue weighted by Gasteiger charge is 2.20. The molecule has 0 saturated heterocycles. The van der Waals surface area contributed by atoms with Crippen LogP contribution in [0.25, 0.3) is 0 Å². The smallest absolute Gasteiger partial charge is 0.227 e. The van der Waals surface area contributed by atoms with Gasteiger partial charge in [-0.1, -0.05) is 31.4 Å². The Balaban J connectivity index is 1.81. The first-order valence-electron chi connectivity index (χ1n) is 9.65. The average Bonchev–Trinajstić information content (AvgIpc) is 2.68. The van der Waals surface area contributed by atoms with Crippen molar-refractivity contribution in [3.8, 4) is 0 Å². The minimum Gasteiger partial charge on any atom is -0.380 e. The minimum absolute atomic E-state index is 0.156. The van der Waals surface area contributed by atoms with E-state index in [4.69, 9.17) is 4.74 Å². The second-order valence-corrected chi connectivity index (χ2v) is 6.57. The number of amides is 1. The van der Waals surface area contributed by atoms with Crippen molar-refractivity contribution in [2.24, 2.45) is 10.9 Å². The van der Waals surface area contributed by atoms with Crippen LogP contribution in [0.2, 0.25) is 0 Å². The normalized spacial score (nSPS) is 15.5. The Bertz CT molecular complexity index is 583. The lowest BCUT2D eigenvalue weighted by Crippen LogP contribution is -2.38. The standard InChI is InChI=1S/C20H32N4O2/c1-3-26-13-12-22-20(21-2)23-15-16-8-7-11-18(14-16)24-19(25)17-9-5-4-6-10-17/h7-8,11,14,17H,3-6,9-10,12-13,15H2,1-2H3,(H,24,25)(H2,21,22,23). The van der Waals surface area contributed by atoms with Crippen LogP contribution in [0.15, 0.2) is 29.3 Å². The first kappa shape index (κ1) is 20.2. The zero-order valence-corrected chi connectivity index (χ0v) is 16.0. The molecule has 1 aromatic carbocycles. The molecule has 1 saturated carbocycles. The fourth-order valence-electron chi connectivity index (χ4n) is 3.16. The molecule has 1 aliphatic rings. The van der Waals surface area contributed by atoms with Gasteiger partial charge in [0.25, 0.3) is 0 Å². The summed E-state index contributed by atoms with van der Waals surface area (Å²) in [6.45, 7) is 4.70. The van der Waals surface area contributed by atoms with Crippen molar-refractivity contribution in [2.75, 3.05) is 32.1 Å². The average molecular weight is 361 g/mol. The lowest BCUT2D eigenvalue weighted by atomic mass is 9.88. The molecule has 2 rings (SSSR count). The summed E-state index contributed by atoms with van der Waals surface area (Å²) >= 11 is 0. The first-order valence-corrected chi connectivity index (χ1v) is 9.65. The van der Waals surface area contributed by atoms with Crippen molar-refractivity contribution >= 4 is 17.6 Å². The van der Waals surface area contributed by atoms with Crippen LogP contribution in [0.3, 0.4) is 0 Å². The van der Waals surface area contributed by atoms with E-state index in [0.29, 0.717) is 26.3 Å². The molecular weight excluding hydrogens is 328 g/mol. The molecule has 6 nitrogen and oxygen atoms in total. The quantitative estimate of drug-likeness (QED) is 0.379. The van der Waals surface area contributed by atoms with Crippen molar-refractivity contribution in [3.05, 3.63) is 29.8 Å². The highest BCUT2D eigenvalue weighted by Crippen LogP contribution is 2.25. The largest absolute Gasteiger partial charge is 0.380 e. The fourth-order valence-corrected chi connectivity index (χ4v) is 3.16. The zero-order valence-electron chi connectivity index (χ0n) is 16.0. The monoisotopic (exact) mass is 360 g/mol. The molecule has 0 radical (unpaired) electrons. The lowest BCUT2D eigenvalue weighted by molar-refractivity contribution is -0.120. The van der Waals surface area contributed by atoms with E-state index in [2.05, 4.69) is 20.9 Å². The number of hydrogen-bond acceptors (Lipinski definition) is 3. The van der Waals surface area contributed by atoms with Crippen LogP contribution in [0.1, 0.15) is 44.6 Å². The Kier molecular flexibility index (Phi) is 8.96. The third-order valence-electron chi connectivity index (χ3n) is 4.60. The predicted molar refractivity (Wildman–Crippen MR) is 106 cm³/mol. The Morgan fingerprint density at radius 2 is 2.04 bits per heavy atom. The van der Waals surface area contributed by atoms with Crippen LogP contribution in [0, 0.1) is 5.92 Å². The van der Waals surface area contributed by atoms with Gasteiger partial charge < -0.3 is 20.7 Å². The number of carbonyl (C=O) groups excluding carboxylic acids is 1. The number of nitrogens with one attached hydrogen (secondary N) is 3. The molecule has 144 valence electrons. The van der Waals surface area contributed by atoms with Gasteiger partial charge in [-0.05, 0) is 37.5 Å². The summed E-state index contributed by atoms with van der Waals surface area (Å²) in [5.41, 5.74) is 1.96. The SMILES string of the molecule is CCOCCNC(=NC)NCc1cccc(NC(=O)C2CCCCC2)c1. The molecule has 1 aromatic rings. The van der Waals surface area contributed by atoms with Crippen LogP contribution in [0.4, 0.5) is 5.69 Å². The van der Waals surface area contributed by atoms with Gasteiger partial charge in [-0.3, -0.25) is 9.79 Å². The van der Waals surface area contributed by atoms with E-state index in [-0.39, 0.29) is 11.8 Å². The van der Waals surface area contributed by atoms with Crippen LogP contribution >= 0.6 is 0 Å². The van der Waals surface area contributed by atoms with Crippen molar-refractivity contribution < 1.29 is 9.53 Å². The molecule has 0 bridgehead atoms. The topological polar surface area (TPSA) is 74.8 Å². The third-order valence-corrected chi connectivity index (χ3v) is 4.60. The number of benzene rings is 1. The van der Waals surface area contributed by atoms with Crippen LogP contribution in [0.5, 0.6) is 0 Å². The molecule has 1 aliphatic carbocycles. The van der Waals surface area contributed by atoms with Crippen LogP contribution < -0.4 is 16.0 Å². The molecular formula is C20H32N4O2. The Labute approximate surface area is 156 Å². The van der Waals surface area contributed by atoms with Crippen molar-refractivity contribution in [1.29, 1.82) is 0 Å². The number of guanidine groups is 1. The lowest BCUT2D eigenvalue weighted by Gasteiger charge is -2.21. The molecule has 0 aliphatic heterocycles. The summed E-state index contributed by atoms with van der Waals surface area (Å²) in [5.74, 6) is 1.06. The van der Waals surface area contributed by atoms with Gasteiger partial charge in [0, 0.05) is 38.3 Å². The number of rotatable bonds is 8. The molecule has 0 heterocycles. The van der Waals surface area contributed by atoms with E-state index in [1.54, 1.807) is 7.05 Å². The molecule has 0 aromatic heterocycles. The Morgan fingerprint density at radius 3 is 2.77 bits per heavy atom. The molecule has 3 N–H and O–H groups in total. The third kappa shape index (κ3) is 7.04. The van der Waals surface area contributed by atoms with E-state index in [1.165, 1.54) is 6.42 Å². The molecule has 1 amide bonds. The van der Waals surface area contributed by atoms with Gasteiger partial charge >= 0.3 is 0 Å². The van der Waals surface area contributed by atoms with Gasteiger partial charge in [0.2, 0.25) is 5.91 Å². The molecule has 6 heteroatoms. The highest BCUT2D eigenvalue weighted by molar-refractivity contribution is 5.92. The van der Waals surface area contributed by atoms with Gasteiger partial charge in [0.05, 0.1) is 6.61 Å². The molecule has 0 spiro atoms. The van der Waals surface area contributed by atoms with Gasteiger partial charge in [-0.2, -0.15) is 0 Å². The number of ether oxygens (including phenoxy) is 1. The summed E-state index contributed by atoms with van der Waals surface area (Å²) in [7, 11) is 1.75. The number of nitrogens with zero attached hydrogens (tertiary/aromatic N) is 1. The molecule has 1 fully saturated rings. The zero-order chi connectivity index (χ0) is 18.6. The summed E-state index contributed by atoms with van der Waals surface area (Å²) < 4.78 is 5.31. The maximum Gasteiger partial charge on any atom is 0.227 e. The van der Waals surface area contributed by atoms with E-state index in [0.717, 1.165) is 42.9 Å². The summed E-state index contributed by atoms with van der Waals surface area (Å²) in [4.78, 5) is 16.6. The molecule has 26 heavy (non-hydrogen) atoms. The van der Waals surface area contributed by atoms with Gasteiger partial charge in [0.1, 0.15) is 0 Å². The van der Waals surface area contributed by atoms with E-state index in [1.807, 2.05) is 31.2 Å². The summed E-state index contributed by atoms with van der Waals surface area (Å²) in [6.07, 6.45) is 5.60. The van der Waals surface area contributed by atoms with Crippen molar-refractivity contribution in [3.63, 3.8) is 0 Å². The number of hydrogen-bond donors (Lipinski definition) is 3. The van der Waals surface area contributed by atoms with Crippen molar-refractivity contribution in [2.45, 2.75) is 45.6 Å². The second kappa shape index (κ2) is 11.5. The molecule has 0 unspecified atom stereocenters. The van der Waals surface area contributed by atoms with Gasteiger partial charge in [0.15, 0.2) is 5.96 Å². The van der Waals surface area contributed by atoms with Crippen LogP contribution in [-0.2, 0) is 16.1 Å². The van der Waals surface area contributed by atoms with Gasteiger partial charge in [-0.15, -0.1) is 0 Å². The van der Waals surface area contributed by atoms with Crippen molar-refractivity contribution in [1.82, 2.24) is 10.6 Å². The fraction of sp³-hybridized carbons (Fsp3) is 0.600. The first-order chi connectivity index (χ1) is 12.7. The number of anilines is 1. The Hall–Kier alpha value is -2.08. The predicted octanol–water partition coefficient (Wildman–Crippen LogP) is 2.91. The minimum atomic E-state index is 0.156. The Morgan fingerprint density at radius 1 is 1.23 bits per heavy atom. The van der Waals surface area contributed by atoms with Gasteiger partial charge in [-0.25, -0.2) is 0 Å². The maximum atomic E-state index is 12.4. The number of aliphatic imine (C=N–C) groups is 1. The number of carbonyl (C=O) groups is 1. The van der Waals surface area contributed by atoms with Crippen LogP contribution in [-0.4, -0.2) is 38.7 Å². The highest BCUT2D eigenvalue weighted by atomic mass is 16.5.